The van der Waals surface area contributed by atoms with E-state index in [1.807, 2.05) is 24.4 Å². The van der Waals surface area contributed by atoms with Crippen molar-refractivity contribution >= 4 is 86.4 Å². The van der Waals surface area contributed by atoms with Gasteiger partial charge in [-0.1, -0.05) is 249 Å². The number of fused-ring (bicyclic) bond motifs is 9. The normalized spacial score (nSPS) is 11.8. The van der Waals surface area contributed by atoms with E-state index in [4.69, 9.17) is 4.98 Å². The third kappa shape index (κ3) is 7.82. The van der Waals surface area contributed by atoms with E-state index in [-0.39, 0.29) is 0 Å². The molecule has 17 rings (SSSR count). The molecule has 0 atom stereocenters. The Morgan fingerprint density at radius 2 is 0.671 bits per heavy atom. The standard InChI is InChI=1S/C82H51N3/c1-2-23-59-53(19-1)20-16-36-64(59)81-72-31-9-5-27-68(72)80(69-28-6-10-32-73(69)81)56-45-47-78-74(50-56)63-24-11-12-39-77(63)85(78)58-22-15-21-55(49-58)60-33-17-35-62-61(60)34-18-37-65(62)82-70-29-7-3-25-66(70)79(67-26-4-8-30-71(67)82)54-42-40-52(41-43-54)57-44-46-76(84-51-57)75-38-13-14-48-83-75/h1-51H. The lowest BCUT2D eigenvalue weighted by molar-refractivity contribution is 1.18. The van der Waals surface area contributed by atoms with E-state index in [0.717, 1.165) is 28.2 Å². The zero-order valence-corrected chi connectivity index (χ0v) is 46.3. The van der Waals surface area contributed by atoms with Crippen LogP contribution in [0.5, 0.6) is 0 Å². The fourth-order valence-electron chi connectivity index (χ4n) is 14.0. The topological polar surface area (TPSA) is 30.7 Å². The summed E-state index contributed by atoms with van der Waals surface area (Å²) >= 11 is 0. The van der Waals surface area contributed by atoms with E-state index in [9.17, 15) is 0 Å². The molecule has 0 saturated heterocycles. The van der Waals surface area contributed by atoms with Crippen LogP contribution in [0, 0.1) is 0 Å². The zero-order valence-electron chi connectivity index (χ0n) is 46.3. The van der Waals surface area contributed by atoms with E-state index >= 15 is 0 Å². The summed E-state index contributed by atoms with van der Waals surface area (Å²) in [5.74, 6) is 0. The second-order valence-corrected chi connectivity index (χ2v) is 22.3. The number of hydrogen-bond acceptors (Lipinski definition) is 2. The SMILES string of the molecule is c1ccc(-c2ccc(-c3ccc(-c4c5ccccc5c(-c5cccc6c(-c7cccc(-n8c9ccccc9c9cc(-c%10c%11ccccc%11c(-c%11cccc%12ccccc%11%12)c%11ccccc%10%11)ccc98)c7)cccc56)c5ccccc45)cc3)cn2)nc1. The predicted octanol–water partition coefficient (Wildman–Crippen LogP) is 22.2. The Labute approximate surface area is 491 Å². The summed E-state index contributed by atoms with van der Waals surface area (Å²) in [5, 5.41) is 17.3. The van der Waals surface area contributed by atoms with E-state index in [0.29, 0.717) is 0 Å². The molecule has 0 aliphatic heterocycles. The lowest BCUT2D eigenvalue weighted by Crippen LogP contribution is -1.95. The van der Waals surface area contributed by atoms with Crippen LogP contribution >= 0.6 is 0 Å². The summed E-state index contributed by atoms with van der Waals surface area (Å²) in [5.41, 5.74) is 19.6. The molecule has 3 aromatic heterocycles. The fourth-order valence-corrected chi connectivity index (χ4v) is 14.0. The first kappa shape index (κ1) is 48.4. The van der Waals surface area contributed by atoms with Gasteiger partial charge in [0.2, 0.25) is 0 Å². The quantitative estimate of drug-likeness (QED) is 0.142. The van der Waals surface area contributed by atoms with Crippen molar-refractivity contribution in [2.75, 3.05) is 0 Å². The van der Waals surface area contributed by atoms with Gasteiger partial charge in [0.15, 0.2) is 0 Å². The molecule has 0 aliphatic rings. The van der Waals surface area contributed by atoms with Crippen molar-refractivity contribution in [3.63, 3.8) is 0 Å². The van der Waals surface area contributed by atoms with Gasteiger partial charge < -0.3 is 4.57 Å². The molecule has 0 bridgehead atoms. The predicted molar refractivity (Wildman–Crippen MR) is 359 cm³/mol. The van der Waals surface area contributed by atoms with Gasteiger partial charge in [-0.25, -0.2) is 0 Å². The number of pyridine rings is 2. The van der Waals surface area contributed by atoms with Gasteiger partial charge in [-0.2, -0.15) is 0 Å². The van der Waals surface area contributed by atoms with Crippen LogP contribution < -0.4 is 0 Å². The van der Waals surface area contributed by atoms with Crippen molar-refractivity contribution in [2.45, 2.75) is 0 Å². The van der Waals surface area contributed by atoms with Crippen molar-refractivity contribution in [1.82, 2.24) is 14.5 Å². The Hall–Kier alpha value is -11.3. The Kier molecular flexibility index (Phi) is 11.2. The Morgan fingerprint density at radius 1 is 0.224 bits per heavy atom. The van der Waals surface area contributed by atoms with Crippen LogP contribution in [0.25, 0.3) is 170 Å². The summed E-state index contributed by atoms with van der Waals surface area (Å²) in [7, 11) is 0. The van der Waals surface area contributed by atoms with Crippen LogP contribution in [-0.2, 0) is 0 Å². The monoisotopic (exact) mass is 1080 g/mol. The molecule has 0 fully saturated rings. The van der Waals surface area contributed by atoms with Gasteiger partial charge in [0.25, 0.3) is 0 Å². The van der Waals surface area contributed by atoms with E-state index < -0.39 is 0 Å². The van der Waals surface area contributed by atoms with Crippen molar-refractivity contribution in [3.05, 3.63) is 310 Å². The van der Waals surface area contributed by atoms with Crippen molar-refractivity contribution in [1.29, 1.82) is 0 Å². The minimum atomic E-state index is 0.862. The Balaban J connectivity index is 0.772. The molecule has 0 spiro atoms. The summed E-state index contributed by atoms with van der Waals surface area (Å²) in [6.45, 7) is 0. The molecule has 0 saturated carbocycles. The molecule has 85 heavy (non-hydrogen) atoms. The van der Waals surface area contributed by atoms with Gasteiger partial charge in [0.05, 0.1) is 22.4 Å². The maximum atomic E-state index is 4.78. The largest absolute Gasteiger partial charge is 0.309 e. The minimum Gasteiger partial charge on any atom is -0.309 e. The lowest BCUT2D eigenvalue weighted by Gasteiger charge is -2.19. The highest BCUT2D eigenvalue weighted by atomic mass is 15.0. The fraction of sp³-hybridized carbons (Fsp3) is 0. The van der Waals surface area contributed by atoms with Gasteiger partial charge >= 0.3 is 0 Å². The van der Waals surface area contributed by atoms with Crippen molar-refractivity contribution in [3.8, 4) is 83.8 Å². The van der Waals surface area contributed by atoms with Gasteiger partial charge in [-0.3, -0.25) is 9.97 Å². The maximum Gasteiger partial charge on any atom is 0.0886 e. The Bertz CT molecular complexity index is 5400. The molecule has 0 unspecified atom stereocenters. The van der Waals surface area contributed by atoms with Crippen molar-refractivity contribution < 1.29 is 0 Å². The molecule has 0 N–H and O–H groups in total. The van der Waals surface area contributed by atoms with Gasteiger partial charge in [-0.15, -0.1) is 0 Å². The molecular weight excluding hydrogens is 1030 g/mol. The molecule has 3 nitrogen and oxygen atoms in total. The van der Waals surface area contributed by atoms with Crippen LogP contribution in [0.2, 0.25) is 0 Å². The molecule has 394 valence electrons. The maximum absolute atomic E-state index is 4.78. The molecule has 17 aromatic rings. The van der Waals surface area contributed by atoms with Gasteiger partial charge in [0.1, 0.15) is 0 Å². The third-order valence-electron chi connectivity index (χ3n) is 17.7. The second-order valence-electron chi connectivity index (χ2n) is 22.3. The minimum absolute atomic E-state index is 0.862. The number of rotatable bonds is 8. The molecule has 0 amide bonds. The smallest absolute Gasteiger partial charge is 0.0886 e. The highest BCUT2D eigenvalue weighted by Gasteiger charge is 2.22. The summed E-state index contributed by atoms with van der Waals surface area (Å²) in [4.78, 5) is 9.27. The van der Waals surface area contributed by atoms with Crippen LogP contribution in [-0.4, -0.2) is 14.5 Å². The third-order valence-corrected chi connectivity index (χ3v) is 17.7. The van der Waals surface area contributed by atoms with E-state index in [1.54, 1.807) is 6.20 Å². The molecule has 0 radical (unpaired) electrons. The number of benzene rings is 14. The van der Waals surface area contributed by atoms with Crippen LogP contribution in [0.15, 0.2) is 310 Å². The first-order valence-electron chi connectivity index (χ1n) is 29.2. The highest BCUT2D eigenvalue weighted by molar-refractivity contribution is 6.26. The lowest BCUT2D eigenvalue weighted by atomic mass is 9.84. The number of para-hydroxylation sites is 1. The summed E-state index contributed by atoms with van der Waals surface area (Å²) in [6, 6.07) is 109. The Morgan fingerprint density at radius 3 is 1.29 bits per heavy atom. The molecule has 3 heteroatoms. The summed E-state index contributed by atoms with van der Waals surface area (Å²) < 4.78 is 2.46. The first-order chi connectivity index (χ1) is 42.2. The molecule has 0 aliphatic carbocycles. The average Bonchev–Trinajstić information content (AvgIpc) is 2.08. The average molecular weight is 1080 g/mol. The van der Waals surface area contributed by atoms with Gasteiger partial charge in [-0.05, 0) is 174 Å². The number of nitrogens with zero attached hydrogens (tertiary/aromatic N) is 3. The van der Waals surface area contributed by atoms with Crippen LogP contribution in [0.3, 0.4) is 0 Å². The highest BCUT2D eigenvalue weighted by Crippen LogP contribution is 2.49. The van der Waals surface area contributed by atoms with Crippen molar-refractivity contribution in [2.24, 2.45) is 0 Å². The second kappa shape index (κ2) is 19.7. The van der Waals surface area contributed by atoms with Crippen LogP contribution in [0.4, 0.5) is 0 Å². The molecular formula is C82H51N3. The number of hydrogen-bond donors (Lipinski definition) is 0. The zero-order chi connectivity index (χ0) is 56.0. The van der Waals surface area contributed by atoms with E-state index in [2.05, 4.69) is 289 Å². The van der Waals surface area contributed by atoms with Crippen LogP contribution in [0.1, 0.15) is 0 Å². The molecule has 3 heterocycles. The first-order valence-corrected chi connectivity index (χ1v) is 29.2. The summed E-state index contributed by atoms with van der Waals surface area (Å²) in [6.07, 6.45) is 3.75. The van der Waals surface area contributed by atoms with Gasteiger partial charge in [0, 0.05) is 34.4 Å². The van der Waals surface area contributed by atoms with E-state index in [1.165, 1.54) is 142 Å². The molecule has 14 aromatic carbocycles. The number of aromatic nitrogens is 3.